The number of aliphatic hydroxyl groups excluding tert-OH is 3. The number of nitrogens with two attached hydrogens (primary N) is 1. The molecule has 4 amide bonds. The predicted octanol–water partition coefficient (Wildman–Crippen LogP) is 13.2. The van der Waals surface area contributed by atoms with E-state index in [1.54, 1.807) is 13.8 Å². The van der Waals surface area contributed by atoms with Crippen LogP contribution in [0.2, 0.25) is 0 Å². The minimum atomic E-state index is -1.03. The molecule has 0 aliphatic rings. The van der Waals surface area contributed by atoms with E-state index in [4.69, 9.17) is 30.9 Å². The maximum Gasteiger partial charge on any atom is 0.322 e. The van der Waals surface area contributed by atoms with Crippen LogP contribution in [0, 0.1) is 40.9 Å². The van der Waals surface area contributed by atoms with E-state index >= 15 is 0 Å². The molecule has 0 aliphatic heterocycles. The number of rotatable bonds is 54. The Balaban J connectivity index is -0.0000000447. The number of aliphatic hydroxyl groups is 3. The lowest BCUT2D eigenvalue weighted by molar-refractivity contribution is -0.378. The van der Waals surface area contributed by atoms with E-state index in [0.29, 0.717) is 121 Å². The van der Waals surface area contributed by atoms with E-state index in [-0.39, 0.29) is 195 Å². The van der Waals surface area contributed by atoms with Gasteiger partial charge in [0.1, 0.15) is 12.3 Å². The fourth-order valence-corrected chi connectivity index (χ4v) is 6.89. The Morgan fingerprint density at radius 1 is 0.346 bits per heavy atom. The second kappa shape index (κ2) is 142. The number of carbonyl (C=O) groups is 13. The SMILES string of the molecule is C.C.C.C.C.C.C.C.C.C.C.C.CC(=O)OCCCCCC(=O)[O-].CC(=O)OCCCCCC(=O)[O-].CCC(C)(C)C(=O)NCC(=O)O.CCC(C)CN.CCC(C)CNC(=O)CC(C)=O.CCC(C)CNC(=O)CCCCCO.CCC(C)CNC(=O)CCCCCOC(C)=O.CCC(C)C[NH3+].CCC(C)C[NH3+].O=C([O-])CCCCCO.O=C([O-])CCCCCO. The number of unbranched alkanes of at least 4 members (excludes halogenated alkanes) is 12. The molecule has 0 spiro atoms. The summed E-state index contributed by atoms with van der Waals surface area (Å²) in [4.78, 5) is 136. The second-order valence-corrected chi connectivity index (χ2v) is 29.0. The first-order valence-electron chi connectivity index (χ1n) is 42.0. The number of hydrogen-bond acceptors (Lipinski definition) is 24. The van der Waals surface area contributed by atoms with Gasteiger partial charge in [-0.1, -0.05) is 238 Å². The lowest BCUT2D eigenvalue weighted by Crippen LogP contribution is -2.53. The number of carboxylic acid groups (broad SMARTS) is 5. The van der Waals surface area contributed by atoms with Gasteiger partial charge in [-0.2, -0.15) is 0 Å². The summed E-state index contributed by atoms with van der Waals surface area (Å²) in [7, 11) is 0. The molecule has 0 saturated carbocycles. The number of quaternary nitrogens is 2. The second-order valence-electron chi connectivity index (χ2n) is 29.0. The van der Waals surface area contributed by atoms with Gasteiger partial charge in [-0.25, -0.2) is 0 Å². The van der Waals surface area contributed by atoms with E-state index in [9.17, 15) is 82.8 Å². The van der Waals surface area contributed by atoms with Crippen molar-refractivity contribution in [2.24, 2.45) is 46.7 Å². The zero-order valence-corrected chi connectivity index (χ0v) is 75.2. The maximum absolute atomic E-state index is 11.4. The summed E-state index contributed by atoms with van der Waals surface area (Å²) >= 11 is 0. The van der Waals surface area contributed by atoms with E-state index in [0.717, 1.165) is 128 Å². The molecule has 0 aromatic rings. The van der Waals surface area contributed by atoms with Gasteiger partial charge < -0.3 is 113 Å². The summed E-state index contributed by atoms with van der Waals surface area (Å²) in [5, 5.41) is 83.7. The number of carboxylic acids is 5. The van der Waals surface area contributed by atoms with Gasteiger partial charge in [-0.05, 0) is 178 Å². The number of ketones is 1. The molecule has 0 rings (SSSR count). The van der Waals surface area contributed by atoms with Crippen molar-refractivity contribution in [1.29, 1.82) is 0 Å². The van der Waals surface area contributed by atoms with Crippen molar-refractivity contribution in [3.63, 3.8) is 0 Å². The molecule has 782 valence electrons. The lowest BCUT2D eigenvalue weighted by atomic mass is 9.89. The Hall–Kier alpha value is -6.93. The van der Waals surface area contributed by atoms with Gasteiger partial charge in [0.2, 0.25) is 23.6 Å². The van der Waals surface area contributed by atoms with Crippen molar-refractivity contribution >= 4 is 77.2 Å². The number of nitrogens with one attached hydrogen (secondary N) is 4. The molecular weight excluding hydrogens is 1640 g/mol. The Kier molecular flexibility index (Phi) is 202. The summed E-state index contributed by atoms with van der Waals surface area (Å²) < 4.78 is 14.1. The third kappa shape index (κ3) is 206. The minimum absolute atomic E-state index is 0. The normalized spacial score (nSPS) is 10.3. The van der Waals surface area contributed by atoms with Crippen molar-refractivity contribution in [2.45, 2.75) is 426 Å². The highest BCUT2D eigenvalue weighted by Crippen LogP contribution is 2.19. The lowest BCUT2D eigenvalue weighted by Gasteiger charge is -2.20. The topological polar surface area (TPSA) is 552 Å². The molecule has 0 radical (unpaired) electrons. The van der Waals surface area contributed by atoms with Crippen LogP contribution >= 0.6 is 0 Å². The third-order valence-corrected chi connectivity index (χ3v) is 17.0. The highest BCUT2D eigenvalue weighted by atomic mass is 16.5. The Morgan fingerprint density at radius 2 is 0.575 bits per heavy atom. The minimum Gasteiger partial charge on any atom is -0.550 e. The van der Waals surface area contributed by atoms with Crippen LogP contribution in [0.3, 0.4) is 0 Å². The standard InChI is InChI=1S/C13H25NO3.C11H23NO2.C9H17NO2.C8H15NO3.2C8H14O4.2C6H12O3.3C5H13N.12CH4/c1-4-11(2)10-14-13(16)8-6-5-7-9-17-12(3)15;1-3-10(2)9-12-11(14)7-5-4-6-8-13;1-4-7(2)6-10-9(12)5-8(3)11;1-4-8(2,3)7(12)9-5-6(10)11;2*1-7(9)12-6-4-2-3-5-8(10)11;2*7-5-3-1-2-4-6(8)9;3*1-3-5(2)4-6;;;;;;;;;;;;/h11H,4-10H2,1-3H3,(H,14,16);10,13H,3-9H2,1-2H3,(H,12,14);7H,4-6H2,1-3H3,(H,10,12);4-5H2,1-3H3,(H,9,12)(H,10,11);2*2-6H2,1H3,(H,10,11);2*7H,1-5H2,(H,8,9);3*5H,3-4,6H2,1-2H3;12*1H4/p-2. The van der Waals surface area contributed by atoms with E-state index < -0.39 is 35.3 Å². The molecule has 16 N–H and O–H groups in total. The van der Waals surface area contributed by atoms with Crippen LogP contribution in [0.25, 0.3) is 0 Å². The van der Waals surface area contributed by atoms with Gasteiger partial charge >= 0.3 is 23.9 Å². The number of ether oxygens (including phenoxy) is 3. The molecule has 127 heavy (non-hydrogen) atoms. The van der Waals surface area contributed by atoms with Crippen molar-refractivity contribution in [1.82, 2.24) is 21.3 Å². The van der Waals surface area contributed by atoms with E-state index in [2.05, 4.69) is 125 Å². The summed E-state index contributed by atoms with van der Waals surface area (Å²) in [5.74, 6) is -2.16. The van der Waals surface area contributed by atoms with E-state index in [1.807, 2.05) is 6.92 Å². The largest absolute Gasteiger partial charge is 0.550 e. The molecular formula is C96H217N7O24-2. The summed E-state index contributed by atoms with van der Waals surface area (Å²) in [6.45, 7) is 43.4. The number of esters is 3. The van der Waals surface area contributed by atoms with Gasteiger partial charge in [-0.15, -0.1) is 0 Å². The number of hydrogen-bond donors (Lipinski definition) is 11. The first-order chi connectivity index (χ1) is 53.9. The number of amides is 4. The van der Waals surface area contributed by atoms with Crippen molar-refractivity contribution < 1.29 is 129 Å². The number of aliphatic carboxylic acids is 5. The zero-order chi connectivity index (χ0) is 91.2. The molecule has 6 atom stereocenters. The Bertz CT molecular complexity index is 2180. The molecule has 0 bridgehead atoms. The van der Waals surface area contributed by atoms with Crippen molar-refractivity contribution in [3.05, 3.63) is 0 Å². The summed E-state index contributed by atoms with van der Waals surface area (Å²) in [6.07, 6.45) is 22.7. The number of carbonyl (C=O) groups excluding carboxylic acids is 12. The van der Waals surface area contributed by atoms with Gasteiger partial charge in [0, 0.05) is 114 Å². The first-order valence-corrected chi connectivity index (χ1v) is 42.0. The zero-order valence-electron chi connectivity index (χ0n) is 75.2. The van der Waals surface area contributed by atoms with Gasteiger partial charge in [0.15, 0.2) is 0 Å². The summed E-state index contributed by atoms with van der Waals surface area (Å²) in [5.41, 5.74) is 12.3. The average molecular weight is 1850 g/mol. The van der Waals surface area contributed by atoms with Crippen molar-refractivity contribution in [2.75, 3.05) is 85.5 Å². The Morgan fingerprint density at radius 3 is 0.740 bits per heavy atom. The third-order valence-electron chi connectivity index (χ3n) is 17.0. The Labute approximate surface area is 782 Å². The molecule has 0 saturated heterocycles. The molecule has 0 fully saturated rings. The van der Waals surface area contributed by atoms with Crippen LogP contribution in [-0.2, 0) is 76.5 Å². The number of Topliss-reactive ketones (excluding diaryl/α,β-unsaturated/α-hetero) is 1. The first kappa shape index (κ1) is 181. The molecule has 31 heteroatoms. The molecule has 0 aromatic heterocycles. The van der Waals surface area contributed by atoms with Crippen LogP contribution in [0.4, 0.5) is 0 Å². The van der Waals surface area contributed by atoms with E-state index in [1.165, 1.54) is 47.0 Å². The molecule has 0 aromatic carbocycles. The molecule has 6 unspecified atom stereocenters. The molecule has 31 nitrogen and oxygen atoms in total. The van der Waals surface area contributed by atoms with Crippen LogP contribution in [0.5, 0.6) is 0 Å². The maximum atomic E-state index is 11.4. The van der Waals surface area contributed by atoms with Gasteiger partial charge in [0.05, 0.1) is 39.3 Å². The summed E-state index contributed by atoms with van der Waals surface area (Å²) in [6, 6.07) is 0. The predicted molar refractivity (Wildman–Crippen MR) is 523 cm³/mol. The van der Waals surface area contributed by atoms with Crippen LogP contribution in [0.1, 0.15) is 426 Å². The smallest absolute Gasteiger partial charge is 0.322 e. The van der Waals surface area contributed by atoms with Gasteiger partial charge in [-0.3, -0.25) is 43.2 Å². The quantitative estimate of drug-likeness (QED) is 0.0117. The monoisotopic (exact) mass is 1850 g/mol. The van der Waals surface area contributed by atoms with Crippen molar-refractivity contribution in [3.8, 4) is 0 Å². The highest BCUT2D eigenvalue weighted by molar-refractivity contribution is 5.96. The molecule has 0 heterocycles. The molecule has 0 aliphatic carbocycles. The van der Waals surface area contributed by atoms with Crippen LogP contribution in [-0.4, -0.2) is 183 Å². The van der Waals surface area contributed by atoms with Crippen LogP contribution in [0.15, 0.2) is 0 Å². The fourth-order valence-electron chi connectivity index (χ4n) is 6.89. The highest BCUT2D eigenvalue weighted by Gasteiger charge is 2.25. The fraction of sp³-hybridized carbons (Fsp3) is 0.865. The van der Waals surface area contributed by atoms with Crippen LogP contribution < -0.4 is 58.9 Å². The average Bonchev–Trinajstić information content (AvgIpc) is 0.895. The van der Waals surface area contributed by atoms with Gasteiger partial charge in [0.25, 0.3) is 0 Å².